The lowest BCUT2D eigenvalue weighted by molar-refractivity contribution is -0.143. The van der Waals surface area contributed by atoms with Gasteiger partial charge < -0.3 is 5.11 Å². The molecule has 0 radical (unpaired) electrons. The second-order valence-electron chi connectivity index (χ2n) is 8.87. The maximum Gasteiger partial charge on any atom is 0.307 e. The van der Waals surface area contributed by atoms with Crippen molar-refractivity contribution in [2.75, 3.05) is 13.1 Å². The number of aliphatic carboxylic acids is 1. The van der Waals surface area contributed by atoms with Crippen LogP contribution in [0.1, 0.15) is 24.0 Å². The molecule has 1 N–H and O–H groups in total. The fourth-order valence-electron chi connectivity index (χ4n) is 4.66. The van der Waals surface area contributed by atoms with E-state index >= 15 is 0 Å². The number of likely N-dealkylation sites (tertiary alicyclic amines) is 1. The van der Waals surface area contributed by atoms with Gasteiger partial charge in [0.05, 0.1) is 5.92 Å². The average Bonchev–Trinajstić information content (AvgIpc) is 3.35. The van der Waals surface area contributed by atoms with Crippen molar-refractivity contribution in [3.8, 4) is 32.3 Å². The number of nitrogens with zero attached hydrogens (tertiary/aromatic N) is 3. The van der Waals surface area contributed by atoms with Crippen LogP contribution in [0.25, 0.3) is 32.3 Å². The number of carbonyl (C=O) groups is 1. The van der Waals surface area contributed by atoms with Gasteiger partial charge in [0, 0.05) is 24.2 Å². The quantitative estimate of drug-likeness (QED) is 0.367. The lowest BCUT2D eigenvalue weighted by Gasteiger charge is -2.30. The third-order valence-electron chi connectivity index (χ3n) is 6.54. The summed E-state index contributed by atoms with van der Waals surface area (Å²) in [5.41, 5.74) is 6.96. The molecule has 34 heavy (non-hydrogen) atoms. The monoisotopic (exact) mass is 469 g/mol. The van der Waals surface area contributed by atoms with Gasteiger partial charge in [-0.2, -0.15) is 0 Å². The first-order chi connectivity index (χ1) is 16.6. The van der Waals surface area contributed by atoms with Crippen molar-refractivity contribution < 1.29 is 9.90 Å². The third kappa shape index (κ3) is 4.79. The molecule has 0 bridgehead atoms. The van der Waals surface area contributed by atoms with Gasteiger partial charge in [-0.15, -0.1) is 10.2 Å². The lowest BCUT2D eigenvalue weighted by atomic mass is 9.97. The second-order valence-corrected chi connectivity index (χ2v) is 9.84. The van der Waals surface area contributed by atoms with Crippen LogP contribution in [0.4, 0.5) is 0 Å². The third-order valence-corrected chi connectivity index (χ3v) is 7.54. The molecule has 2 heterocycles. The zero-order valence-electron chi connectivity index (χ0n) is 19.1. The fraction of sp³-hybridized carbons (Fsp3) is 0.250. The number of benzene rings is 3. The van der Waals surface area contributed by atoms with Crippen LogP contribution in [0.15, 0.2) is 72.8 Å². The minimum atomic E-state index is -0.684. The Labute approximate surface area is 203 Å². The predicted octanol–water partition coefficient (Wildman–Crippen LogP) is 6.14. The second kappa shape index (κ2) is 9.87. The van der Waals surface area contributed by atoms with Crippen molar-refractivity contribution in [1.29, 1.82) is 0 Å². The van der Waals surface area contributed by atoms with Gasteiger partial charge in [0.15, 0.2) is 0 Å². The van der Waals surface area contributed by atoms with Crippen LogP contribution in [-0.4, -0.2) is 39.3 Å². The van der Waals surface area contributed by atoms with Crippen molar-refractivity contribution >= 4 is 17.3 Å². The van der Waals surface area contributed by atoms with E-state index in [-0.39, 0.29) is 5.92 Å². The highest BCUT2D eigenvalue weighted by Gasteiger charge is 2.25. The summed E-state index contributed by atoms with van der Waals surface area (Å²) in [6.07, 6.45) is 1.71. The molecule has 6 heteroatoms. The van der Waals surface area contributed by atoms with E-state index in [0.717, 1.165) is 47.1 Å². The molecule has 1 fully saturated rings. The highest BCUT2D eigenvalue weighted by Crippen LogP contribution is 2.35. The van der Waals surface area contributed by atoms with E-state index in [1.165, 1.54) is 22.3 Å². The summed E-state index contributed by atoms with van der Waals surface area (Å²) in [7, 11) is 0. The summed E-state index contributed by atoms with van der Waals surface area (Å²) in [6, 6.07) is 25.2. The maximum absolute atomic E-state index is 11.3. The average molecular weight is 470 g/mol. The Hall–Kier alpha value is -3.35. The van der Waals surface area contributed by atoms with Gasteiger partial charge in [0.2, 0.25) is 0 Å². The maximum atomic E-state index is 11.3. The first-order valence-corrected chi connectivity index (χ1v) is 12.4. The molecule has 3 aromatic carbocycles. The van der Waals surface area contributed by atoms with Crippen LogP contribution in [0.2, 0.25) is 0 Å². The Morgan fingerprint density at radius 1 is 0.941 bits per heavy atom. The van der Waals surface area contributed by atoms with Crippen LogP contribution < -0.4 is 0 Å². The Balaban J connectivity index is 1.32. The molecular weight excluding hydrogens is 442 g/mol. The number of carboxylic acids is 1. The normalized spacial score (nSPS) is 16.4. The van der Waals surface area contributed by atoms with Crippen molar-refractivity contribution in [2.45, 2.75) is 26.3 Å². The number of carboxylic acid groups (broad SMARTS) is 1. The summed E-state index contributed by atoms with van der Waals surface area (Å²) in [5, 5.41) is 20.1. The molecule has 1 aromatic heterocycles. The molecule has 172 valence electrons. The molecule has 0 spiro atoms. The molecule has 5 nitrogen and oxygen atoms in total. The lowest BCUT2D eigenvalue weighted by Crippen LogP contribution is -2.38. The molecule has 0 amide bonds. The van der Waals surface area contributed by atoms with E-state index < -0.39 is 5.97 Å². The van der Waals surface area contributed by atoms with Crippen molar-refractivity contribution in [3.05, 3.63) is 83.9 Å². The molecule has 1 aliphatic rings. The van der Waals surface area contributed by atoms with E-state index in [1.807, 2.05) is 6.07 Å². The molecule has 1 aliphatic heterocycles. The first kappa shape index (κ1) is 22.4. The summed E-state index contributed by atoms with van der Waals surface area (Å²) in [5.74, 6) is -0.937. The zero-order valence-corrected chi connectivity index (χ0v) is 20.0. The minimum absolute atomic E-state index is 0.253. The Morgan fingerprint density at radius 3 is 2.44 bits per heavy atom. The number of hydrogen-bond acceptors (Lipinski definition) is 5. The standard InChI is InChI=1S/C28H27N3O2S/c1-19-24(21-7-3-2-4-8-21)10-5-11-25(19)27-30-29-26(34-27)22-14-12-20(13-15-22)17-31-16-6-9-23(18-31)28(32)33/h2-5,7-8,10-15,23H,6,9,16-18H2,1H3,(H,32,33)/t23-/m1/s1. The van der Waals surface area contributed by atoms with Gasteiger partial charge >= 0.3 is 5.97 Å². The molecule has 4 aromatic rings. The summed E-state index contributed by atoms with van der Waals surface area (Å²) >= 11 is 1.60. The van der Waals surface area contributed by atoms with E-state index in [0.29, 0.717) is 6.54 Å². The van der Waals surface area contributed by atoms with E-state index in [9.17, 15) is 9.90 Å². The number of aromatic nitrogens is 2. The minimum Gasteiger partial charge on any atom is -0.481 e. The largest absolute Gasteiger partial charge is 0.481 e. The van der Waals surface area contributed by atoms with Crippen LogP contribution in [0.3, 0.4) is 0 Å². The number of piperidine rings is 1. The fourth-order valence-corrected chi connectivity index (χ4v) is 5.59. The zero-order chi connectivity index (χ0) is 23.5. The molecule has 0 unspecified atom stereocenters. The van der Waals surface area contributed by atoms with Gasteiger partial charge in [-0.3, -0.25) is 9.69 Å². The molecular formula is C28H27N3O2S. The van der Waals surface area contributed by atoms with Crippen LogP contribution in [0.5, 0.6) is 0 Å². The SMILES string of the molecule is Cc1c(-c2ccccc2)cccc1-c1nnc(-c2ccc(CN3CCC[C@@H](C(=O)O)C3)cc2)s1. The highest BCUT2D eigenvalue weighted by molar-refractivity contribution is 7.17. The Kier molecular flexibility index (Phi) is 6.52. The number of hydrogen-bond donors (Lipinski definition) is 1. The van der Waals surface area contributed by atoms with Gasteiger partial charge in [-0.1, -0.05) is 84.1 Å². The van der Waals surface area contributed by atoms with Crippen LogP contribution in [0, 0.1) is 12.8 Å². The van der Waals surface area contributed by atoms with Gasteiger partial charge in [-0.25, -0.2) is 0 Å². The smallest absolute Gasteiger partial charge is 0.307 e. The molecule has 0 saturated carbocycles. The topological polar surface area (TPSA) is 66.3 Å². The summed E-state index contributed by atoms with van der Waals surface area (Å²) < 4.78 is 0. The van der Waals surface area contributed by atoms with Gasteiger partial charge in [-0.05, 0) is 48.6 Å². The first-order valence-electron chi connectivity index (χ1n) is 11.6. The predicted molar refractivity (Wildman–Crippen MR) is 137 cm³/mol. The van der Waals surface area contributed by atoms with Crippen molar-refractivity contribution in [3.63, 3.8) is 0 Å². The van der Waals surface area contributed by atoms with Crippen LogP contribution in [-0.2, 0) is 11.3 Å². The Bertz CT molecular complexity index is 1280. The van der Waals surface area contributed by atoms with E-state index in [1.54, 1.807) is 11.3 Å². The van der Waals surface area contributed by atoms with E-state index in [4.69, 9.17) is 0 Å². The summed E-state index contributed by atoms with van der Waals surface area (Å²) in [6.45, 7) is 4.49. The van der Waals surface area contributed by atoms with Crippen LogP contribution >= 0.6 is 11.3 Å². The molecule has 5 rings (SSSR count). The van der Waals surface area contributed by atoms with E-state index in [2.05, 4.69) is 88.8 Å². The van der Waals surface area contributed by atoms with Gasteiger partial charge in [0.1, 0.15) is 10.0 Å². The summed E-state index contributed by atoms with van der Waals surface area (Å²) in [4.78, 5) is 13.6. The number of rotatable bonds is 6. The van der Waals surface area contributed by atoms with Gasteiger partial charge in [0.25, 0.3) is 0 Å². The molecule has 0 aliphatic carbocycles. The Morgan fingerprint density at radius 2 is 1.68 bits per heavy atom. The highest BCUT2D eigenvalue weighted by atomic mass is 32.1. The molecule has 1 atom stereocenters. The van der Waals surface area contributed by atoms with Crippen molar-refractivity contribution in [1.82, 2.24) is 15.1 Å². The molecule has 1 saturated heterocycles. The van der Waals surface area contributed by atoms with Crippen molar-refractivity contribution in [2.24, 2.45) is 5.92 Å².